The van der Waals surface area contributed by atoms with Crippen molar-refractivity contribution in [3.05, 3.63) is 100 Å². The number of fused-ring (bicyclic) bond motifs is 1. The van der Waals surface area contributed by atoms with Crippen LogP contribution in [0.1, 0.15) is 20.9 Å². The molecule has 0 aliphatic carbocycles. The first-order valence-corrected chi connectivity index (χ1v) is 9.69. The smallest absolute Gasteiger partial charge is 0.255 e. The average Bonchev–Trinajstić information content (AvgIpc) is 3.18. The van der Waals surface area contributed by atoms with Gasteiger partial charge in [0.25, 0.3) is 5.91 Å². The molecular formula is C22H17N3O3S. The topological polar surface area (TPSA) is 89.7 Å². The molecule has 0 bridgehead atoms. The highest BCUT2D eigenvalue weighted by molar-refractivity contribution is 7.19. The van der Waals surface area contributed by atoms with Gasteiger partial charge in [-0.1, -0.05) is 30.3 Å². The molecule has 1 aromatic heterocycles. The number of para-hydroxylation sites is 1. The first-order chi connectivity index (χ1) is 14.1. The Kier molecular flexibility index (Phi) is 5.46. The summed E-state index contributed by atoms with van der Waals surface area (Å²) >= 11 is 1.48. The van der Waals surface area contributed by atoms with E-state index in [4.69, 9.17) is 5.21 Å². The Balaban J connectivity index is 1.72. The third-order valence-corrected chi connectivity index (χ3v) is 5.35. The molecule has 0 fully saturated rings. The summed E-state index contributed by atoms with van der Waals surface area (Å²) in [6.07, 6.45) is 1.80. The van der Waals surface area contributed by atoms with Crippen LogP contribution in [0.5, 0.6) is 0 Å². The number of aromatic nitrogens is 1. The van der Waals surface area contributed by atoms with Gasteiger partial charge >= 0.3 is 0 Å². The van der Waals surface area contributed by atoms with Crippen molar-refractivity contribution in [2.24, 2.45) is 0 Å². The molecule has 1 amide bonds. The minimum absolute atomic E-state index is 0.206. The van der Waals surface area contributed by atoms with Crippen molar-refractivity contribution < 1.29 is 15.2 Å². The van der Waals surface area contributed by atoms with Crippen molar-refractivity contribution in [3.63, 3.8) is 0 Å². The Morgan fingerprint density at radius 2 is 1.69 bits per heavy atom. The number of carbonyl (C=O) groups excluding carboxylic acids is 1. The molecule has 144 valence electrons. The minimum atomic E-state index is -0.982. The molecule has 3 aromatic carbocycles. The summed E-state index contributed by atoms with van der Waals surface area (Å²) in [6.45, 7) is 0. The molecule has 4 rings (SSSR count). The van der Waals surface area contributed by atoms with Crippen molar-refractivity contribution in [2.75, 3.05) is 0 Å². The Labute approximate surface area is 170 Å². The zero-order valence-electron chi connectivity index (χ0n) is 15.2. The maximum absolute atomic E-state index is 12.7. The van der Waals surface area contributed by atoms with Gasteiger partial charge in [0.15, 0.2) is 5.69 Å². The average molecular weight is 403 g/mol. The predicted octanol–water partition coefficient (Wildman–Crippen LogP) is 3.63. The van der Waals surface area contributed by atoms with Crippen LogP contribution in [0.3, 0.4) is 0 Å². The molecule has 7 heteroatoms. The largest absolute Gasteiger partial charge is 0.595 e. The molecule has 0 saturated heterocycles. The van der Waals surface area contributed by atoms with Crippen LogP contribution in [0.25, 0.3) is 22.0 Å². The third-order valence-electron chi connectivity index (χ3n) is 4.28. The highest BCUT2D eigenvalue weighted by Crippen LogP contribution is 2.27. The van der Waals surface area contributed by atoms with Gasteiger partial charge in [-0.25, -0.2) is 10.2 Å². The van der Waals surface area contributed by atoms with Gasteiger partial charge < -0.3 is 10.5 Å². The summed E-state index contributed by atoms with van der Waals surface area (Å²) in [6, 6.07) is 23.2. The molecule has 6 nitrogen and oxygen atoms in total. The van der Waals surface area contributed by atoms with Gasteiger partial charge in [-0.15, -0.1) is 11.3 Å². The van der Waals surface area contributed by atoms with Crippen LogP contribution in [0.15, 0.2) is 78.9 Å². The molecule has 0 saturated carbocycles. The zero-order valence-corrected chi connectivity index (χ0v) is 16.0. The number of benzene rings is 3. The second kappa shape index (κ2) is 8.34. The molecule has 0 radical (unpaired) electrons. The maximum atomic E-state index is 12.7. The summed E-state index contributed by atoms with van der Waals surface area (Å²) in [7, 11) is 0. The van der Waals surface area contributed by atoms with Crippen LogP contribution >= 0.6 is 11.3 Å². The standard InChI is InChI=1S/C22H17N3O3S/c26-21(16-6-2-1-3-7-16)23-19(14-15-10-12-17(13-11-15)25(27)28)22-24-18-8-4-5-9-20(18)29-22/h1-14,25,27H,(H,23,26)/b19-14-. The fourth-order valence-electron chi connectivity index (χ4n) is 2.81. The molecule has 0 spiro atoms. The number of thiazole rings is 1. The molecule has 1 heterocycles. The summed E-state index contributed by atoms with van der Waals surface area (Å²) in [5.74, 6) is -0.238. The number of quaternary nitrogens is 1. The fourth-order valence-corrected chi connectivity index (χ4v) is 3.75. The van der Waals surface area contributed by atoms with Crippen molar-refractivity contribution in [2.45, 2.75) is 0 Å². The molecule has 1 atom stereocenters. The molecule has 3 N–H and O–H groups in total. The highest BCUT2D eigenvalue weighted by Gasteiger charge is 2.14. The summed E-state index contributed by atoms with van der Waals surface area (Å²) in [4.78, 5) is 17.4. The number of rotatable bonds is 5. The first-order valence-electron chi connectivity index (χ1n) is 8.87. The van der Waals surface area contributed by atoms with E-state index in [9.17, 15) is 10.0 Å². The highest BCUT2D eigenvalue weighted by atomic mass is 32.1. The van der Waals surface area contributed by atoms with Crippen LogP contribution in [0.2, 0.25) is 0 Å². The van der Waals surface area contributed by atoms with Gasteiger partial charge in [0.2, 0.25) is 0 Å². The number of nitrogens with zero attached hydrogens (tertiary/aromatic N) is 1. The molecule has 4 aromatic rings. The van der Waals surface area contributed by atoms with Crippen LogP contribution in [0.4, 0.5) is 5.69 Å². The van der Waals surface area contributed by atoms with Gasteiger partial charge in [-0.2, -0.15) is 5.23 Å². The normalized spacial score (nSPS) is 12.7. The van der Waals surface area contributed by atoms with E-state index in [2.05, 4.69) is 10.3 Å². The van der Waals surface area contributed by atoms with Crippen LogP contribution < -0.4 is 10.5 Å². The van der Waals surface area contributed by atoms with E-state index in [-0.39, 0.29) is 11.6 Å². The lowest BCUT2D eigenvalue weighted by Gasteiger charge is -2.11. The van der Waals surface area contributed by atoms with Gasteiger partial charge in [0.05, 0.1) is 15.9 Å². The second-order valence-electron chi connectivity index (χ2n) is 6.29. The van der Waals surface area contributed by atoms with Crippen molar-refractivity contribution >= 4 is 44.9 Å². The van der Waals surface area contributed by atoms with Gasteiger partial charge in [-0.3, -0.25) is 4.79 Å². The first kappa shape index (κ1) is 19.0. The molecule has 1 unspecified atom stereocenters. The molecular weight excluding hydrogens is 386 g/mol. The van der Waals surface area contributed by atoms with Crippen LogP contribution in [0, 0.1) is 5.21 Å². The lowest BCUT2D eigenvalue weighted by Crippen LogP contribution is -2.99. The summed E-state index contributed by atoms with van der Waals surface area (Å²) in [5.41, 5.74) is 2.92. The fraction of sp³-hybridized carbons (Fsp3) is 0. The third kappa shape index (κ3) is 4.39. The van der Waals surface area contributed by atoms with Crippen molar-refractivity contribution in [1.29, 1.82) is 0 Å². The van der Waals surface area contributed by atoms with Crippen LogP contribution in [-0.2, 0) is 0 Å². The maximum Gasteiger partial charge on any atom is 0.255 e. The Bertz CT molecular complexity index is 1140. The number of amides is 1. The van der Waals surface area contributed by atoms with Gasteiger partial charge in [0.1, 0.15) is 5.01 Å². The van der Waals surface area contributed by atoms with Crippen molar-refractivity contribution in [3.8, 4) is 0 Å². The summed E-state index contributed by atoms with van der Waals surface area (Å²) < 4.78 is 1.02. The van der Waals surface area contributed by atoms with Crippen molar-refractivity contribution in [1.82, 2.24) is 10.3 Å². The Morgan fingerprint density at radius 3 is 2.38 bits per heavy atom. The van der Waals surface area contributed by atoms with Gasteiger partial charge in [-0.05, 0) is 48.0 Å². The van der Waals surface area contributed by atoms with E-state index in [0.717, 1.165) is 15.8 Å². The number of nitrogens with one attached hydrogen (secondary N) is 2. The Morgan fingerprint density at radius 1 is 1.00 bits per heavy atom. The molecule has 29 heavy (non-hydrogen) atoms. The van der Waals surface area contributed by atoms with Gasteiger partial charge in [0, 0.05) is 17.7 Å². The number of hydrogen-bond donors (Lipinski definition) is 3. The molecule has 0 aliphatic rings. The molecule has 0 aliphatic heterocycles. The second-order valence-corrected chi connectivity index (χ2v) is 7.32. The SMILES string of the molecule is O=C(N/C(=C\c1ccc([NH+]([O-])O)cc1)c1nc2ccccc2s1)c1ccccc1. The van der Waals surface area contributed by atoms with Crippen LogP contribution in [-0.4, -0.2) is 16.1 Å². The minimum Gasteiger partial charge on any atom is -0.595 e. The summed E-state index contributed by atoms with van der Waals surface area (Å²) in [5, 5.41) is 22.8. The van der Waals surface area contributed by atoms with E-state index in [1.165, 1.54) is 23.5 Å². The van der Waals surface area contributed by atoms with E-state index >= 15 is 0 Å². The lowest BCUT2D eigenvalue weighted by atomic mass is 10.1. The Hall–Kier alpha value is -3.36. The van der Waals surface area contributed by atoms with E-state index in [0.29, 0.717) is 16.3 Å². The van der Waals surface area contributed by atoms with E-state index in [1.54, 1.807) is 42.5 Å². The van der Waals surface area contributed by atoms with E-state index < -0.39 is 5.23 Å². The quantitative estimate of drug-likeness (QED) is 0.444. The van der Waals surface area contributed by atoms with E-state index in [1.807, 2.05) is 30.3 Å². The lowest BCUT2D eigenvalue weighted by molar-refractivity contribution is -0.991. The predicted molar refractivity (Wildman–Crippen MR) is 114 cm³/mol. The number of carbonyl (C=O) groups is 1. The zero-order chi connectivity index (χ0) is 20.2. The number of hydrogen-bond acceptors (Lipinski definition) is 5. The monoisotopic (exact) mass is 403 g/mol.